The molecule has 0 aliphatic rings. The van der Waals surface area contributed by atoms with Crippen LogP contribution in [0.15, 0.2) is 42.5 Å². The normalized spacial score (nSPS) is 11.7. The van der Waals surface area contributed by atoms with Crippen LogP contribution < -0.4 is 10.1 Å². The highest BCUT2D eigenvalue weighted by molar-refractivity contribution is 5.90. The largest absolute Gasteiger partial charge is 0.494 e. The molecule has 0 bridgehead atoms. The molecule has 6 heteroatoms. The Bertz CT molecular complexity index is 774. The minimum atomic E-state index is -0.841. The summed E-state index contributed by atoms with van der Waals surface area (Å²) in [5.74, 6) is -1.81. The lowest BCUT2D eigenvalue weighted by molar-refractivity contribution is -0.141. The SMILES string of the molecule is COc1cccc(CCC(=O)Nc2ccc(CC(C)C(=O)O)cc2)c1F. The fourth-order valence-corrected chi connectivity index (χ4v) is 2.54. The molecule has 0 saturated carbocycles. The first-order valence-corrected chi connectivity index (χ1v) is 8.33. The quantitative estimate of drug-likeness (QED) is 0.754. The molecular formula is C20H22FNO4. The summed E-state index contributed by atoms with van der Waals surface area (Å²) in [6.45, 7) is 1.65. The zero-order chi connectivity index (χ0) is 19.1. The topological polar surface area (TPSA) is 75.6 Å². The zero-order valence-electron chi connectivity index (χ0n) is 14.8. The lowest BCUT2D eigenvalue weighted by Crippen LogP contribution is -2.13. The minimum absolute atomic E-state index is 0.141. The van der Waals surface area contributed by atoms with Crippen LogP contribution in [0.25, 0.3) is 0 Å². The average molecular weight is 359 g/mol. The van der Waals surface area contributed by atoms with Gasteiger partial charge in [-0.1, -0.05) is 31.2 Å². The predicted octanol–water partition coefficient (Wildman–Crippen LogP) is 3.67. The van der Waals surface area contributed by atoms with E-state index in [1.807, 2.05) is 0 Å². The molecule has 5 nitrogen and oxygen atoms in total. The number of benzene rings is 2. The summed E-state index contributed by atoms with van der Waals surface area (Å²) >= 11 is 0. The van der Waals surface area contributed by atoms with Crippen molar-refractivity contribution in [3.8, 4) is 5.75 Å². The Labute approximate surface area is 151 Å². The lowest BCUT2D eigenvalue weighted by Gasteiger charge is -2.09. The molecule has 0 fully saturated rings. The summed E-state index contributed by atoms with van der Waals surface area (Å²) in [5.41, 5.74) is 1.93. The highest BCUT2D eigenvalue weighted by Crippen LogP contribution is 2.21. The number of aryl methyl sites for hydroxylation is 1. The average Bonchev–Trinajstić information content (AvgIpc) is 2.62. The first-order valence-electron chi connectivity index (χ1n) is 8.33. The molecule has 0 aromatic heterocycles. The van der Waals surface area contributed by atoms with E-state index in [1.165, 1.54) is 13.2 Å². The van der Waals surface area contributed by atoms with Crippen molar-refractivity contribution in [2.75, 3.05) is 12.4 Å². The van der Waals surface area contributed by atoms with Crippen LogP contribution in [0.2, 0.25) is 0 Å². The highest BCUT2D eigenvalue weighted by atomic mass is 19.1. The molecule has 0 spiro atoms. The number of carbonyl (C=O) groups excluding carboxylic acids is 1. The van der Waals surface area contributed by atoms with E-state index >= 15 is 0 Å². The predicted molar refractivity (Wildman–Crippen MR) is 96.8 cm³/mol. The number of amides is 1. The maximum atomic E-state index is 14.1. The van der Waals surface area contributed by atoms with E-state index in [-0.39, 0.29) is 24.5 Å². The van der Waals surface area contributed by atoms with Gasteiger partial charge in [-0.15, -0.1) is 0 Å². The van der Waals surface area contributed by atoms with Gasteiger partial charge in [0.2, 0.25) is 5.91 Å². The second-order valence-corrected chi connectivity index (χ2v) is 6.12. The molecule has 0 radical (unpaired) electrons. The number of ether oxygens (including phenoxy) is 1. The van der Waals surface area contributed by atoms with Gasteiger partial charge in [0.05, 0.1) is 13.0 Å². The van der Waals surface area contributed by atoms with Gasteiger partial charge in [0.15, 0.2) is 11.6 Å². The van der Waals surface area contributed by atoms with E-state index < -0.39 is 17.7 Å². The van der Waals surface area contributed by atoms with E-state index in [2.05, 4.69) is 5.32 Å². The van der Waals surface area contributed by atoms with Crippen LogP contribution in [0.5, 0.6) is 5.75 Å². The third-order valence-corrected chi connectivity index (χ3v) is 4.09. The van der Waals surface area contributed by atoms with Crippen molar-refractivity contribution in [2.45, 2.75) is 26.2 Å². The Morgan fingerprint density at radius 3 is 2.50 bits per heavy atom. The number of anilines is 1. The number of aliphatic carboxylic acids is 1. The van der Waals surface area contributed by atoms with E-state index in [9.17, 15) is 14.0 Å². The van der Waals surface area contributed by atoms with Crippen molar-refractivity contribution >= 4 is 17.6 Å². The van der Waals surface area contributed by atoms with Gasteiger partial charge < -0.3 is 15.2 Å². The Kier molecular flexibility index (Phi) is 6.72. The second kappa shape index (κ2) is 8.99. The van der Waals surface area contributed by atoms with E-state index in [1.54, 1.807) is 43.3 Å². The van der Waals surface area contributed by atoms with E-state index in [4.69, 9.17) is 9.84 Å². The summed E-state index contributed by atoms with van der Waals surface area (Å²) in [5, 5.41) is 11.7. The van der Waals surface area contributed by atoms with Crippen LogP contribution in [-0.4, -0.2) is 24.1 Å². The smallest absolute Gasteiger partial charge is 0.306 e. The van der Waals surface area contributed by atoms with E-state index in [0.717, 1.165) is 5.56 Å². The maximum absolute atomic E-state index is 14.1. The fourth-order valence-electron chi connectivity index (χ4n) is 2.54. The molecule has 1 unspecified atom stereocenters. The first kappa shape index (κ1) is 19.4. The molecule has 2 N–H and O–H groups in total. The monoisotopic (exact) mass is 359 g/mol. The Hall–Kier alpha value is -2.89. The number of carbonyl (C=O) groups is 2. The van der Waals surface area contributed by atoms with Crippen molar-refractivity contribution in [2.24, 2.45) is 5.92 Å². The summed E-state index contributed by atoms with van der Waals surface area (Å²) in [6.07, 6.45) is 0.837. The second-order valence-electron chi connectivity index (χ2n) is 6.12. The van der Waals surface area contributed by atoms with Gasteiger partial charge in [-0.2, -0.15) is 0 Å². The van der Waals surface area contributed by atoms with Crippen molar-refractivity contribution in [1.82, 2.24) is 0 Å². The zero-order valence-corrected chi connectivity index (χ0v) is 14.8. The Balaban J connectivity index is 1.89. The molecule has 0 saturated heterocycles. The molecule has 138 valence electrons. The maximum Gasteiger partial charge on any atom is 0.306 e. The standard InChI is InChI=1S/C20H22FNO4/c1-13(20(24)25)12-14-6-9-16(10-7-14)22-18(23)11-8-15-4-3-5-17(26-2)19(15)21/h3-7,9-10,13H,8,11-12H2,1-2H3,(H,22,23)(H,24,25). The molecule has 2 rings (SSSR count). The molecule has 0 heterocycles. The van der Waals surface area contributed by atoms with Gasteiger partial charge >= 0.3 is 5.97 Å². The molecule has 1 amide bonds. The number of hydrogen-bond donors (Lipinski definition) is 2. The van der Waals surface area contributed by atoms with Gasteiger partial charge in [-0.05, 0) is 42.2 Å². The molecule has 2 aromatic carbocycles. The molecular weight excluding hydrogens is 337 g/mol. The Morgan fingerprint density at radius 1 is 1.19 bits per heavy atom. The number of methoxy groups -OCH3 is 1. The van der Waals surface area contributed by atoms with Crippen LogP contribution in [0.3, 0.4) is 0 Å². The van der Waals surface area contributed by atoms with Crippen LogP contribution in [0, 0.1) is 11.7 Å². The number of rotatable bonds is 8. The van der Waals surface area contributed by atoms with Crippen LogP contribution >= 0.6 is 0 Å². The fraction of sp³-hybridized carbons (Fsp3) is 0.300. The van der Waals surface area contributed by atoms with Crippen LogP contribution in [0.4, 0.5) is 10.1 Å². The van der Waals surface area contributed by atoms with Crippen LogP contribution in [-0.2, 0) is 22.4 Å². The lowest BCUT2D eigenvalue weighted by atomic mass is 10.0. The van der Waals surface area contributed by atoms with Gasteiger partial charge in [0, 0.05) is 12.1 Å². The van der Waals surface area contributed by atoms with Gasteiger partial charge in [0.1, 0.15) is 0 Å². The van der Waals surface area contributed by atoms with E-state index in [0.29, 0.717) is 17.7 Å². The molecule has 0 aliphatic carbocycles. The van der Waals surface area contributed by atoms with Gasteiger partial charge in [0.25, 0.3) is 0 Å². The number of hydrogen-bond acceptors (Lipinski definition) is 3. The summed E-state index contributed by atoms with van der Waals surface area (Å²) in [7, 11) is 1.40. The van der Waals surface area contributed by atoms with Crippen molar-refractivity contribution in [3.05, 3.63) is 59.4 Å². The molecule has 1 atom stereocenters. The third-order valence-electron chi connectivity index (χ3n) is 4.09. The van der Waals surface area contributed by atoms with Gasteiger partial charge in [-0.25, -0.2) is 4.39 Å². The summed E-state index contributed by atoms with van der Waals surface area (Å²) in [4.78, 5) is 22.9. The number of carboxylic acids is 1. The third kappa shape index (κ3) is 5.31. The molecule has 26 heavy (non-hydrogen) atoms. The highest BCUT2D eigenvalue weighted by Gasteiger charge is 2.12. The Morgan fingerprint density at radius 2 is 1.88 bits per heavy atom. The summed E-state index contributed by atoms with van der Waals surface area (Å²) < 4.78 is 19.0. The molecule has 0 aliphatic heterocycles. The van der Waals surface area contributed by atoms with Crippen molar-refractivity contribution in [1.29, 1.82) is 0 Å². The van der Waals surface area contributed by atoms with Gasteiger partial charge in [-0.3, -0.25) is 9.59 Å². The number of halogens is 1. The number of nitrogens with one attached hydrogen (secondary N) is 1. The van der Waals surface area contributed by atoms with Crippen molar-refractivity contribution in [3.63, 3.8) is 0 Å². The summed E-state index contributed by atoms with van der Waals surface area (Å²) in [6, 6.07) is 11.9. The van der Waals surface area contributed by atoms with Crippen LogP contribution in [0.1, 0.15) is 24.5 Å². The first-order chi connectivity index (χ1) is 12.4. The molecule has 2 aromatic rings. The minimum Gasteiger partial charge on any atom is -0.494 e. The number of carboxylic acid groups (broad SMARTS) is 1. The van der Waals surface area contributed by atoms with Crippen molar-refractivity contribution < 1.29 is 23.8 Å².